The number of benzene rings is 1. The van der Waals surface area contributed by atoms with Gasteiger partial charge in [-0.15, -0.1) is 0 Å². The minimum Gasteiger partial charge on any atom is -0.347 e. The van der Waals surface area contributed by atoms with E-state index in [-0.39, 0.29) is 17.4 Å². The zero-order valence-corrected chi connectivity index (χ0v) is 17.8. The van der Waals surface area contributed by atoms with Crippen molar-refractivity contribution in [1.82, 2.24) is 10.2 Å². The molecule has 0 spiro atoms. The van der Waals surface area contributed by atoms with Crippen molar-refractivity contribution in [1.29, 1.82) is 0 Å². The highest BCUT2D eigenvalue weighted by atomic mass is 16.2. The predicted molar refractivity (Wildman–Crippen MR) is 114 cm³/mol. The molecule has 1 aromatic rings. The maximum Gasteiger partial charge on any atom is 0.254 e. The average Bonchev–Trinajstić information content (AvgIpc) is 2.68. The van der Waals surface area contributed by atoms with E-state index in [4.69, 9.17) is 0 Å². The molecule has 0 saturated heterocycles. The number of nitrogens with one attached hydrogen (secondary N) is 1. The lowest BCUT2D eigenvalue weighted by Gasteiger charge is -2.42. The van der Waals surface area contributed by atoms with Crippen LogP contribution in [0.4, 0.5) is 0 Å². The molecule has 4 heteroatoms. The molecule has 1 aromatic carbocycles. The molecule has 3 rings (SSSR count). The van der Waals surface area contributed by atoms with Crippen molar-refractivity contribution in [2.75, 3.05) is 0 Å². The van der Waals surface area contributed by atoms with Crippen LogP contribution in [-0.4, -0.2) is 34.3 Å². The van der Waals surface area contributed by atoms with Crippen molar-refractivity contribution in [2.45, 2.75) is 103 Å². The van der Waals surface area contributed by atoms with Crippen molar-refractivity contribution < 1.29 is 9.59 Å². The second-order valence-corrected chi connectivity index (χ2v) is 9.58. The molecule has 2 amide bonds. The highest BCUT2D eigenvalue weighted by Crippen LogP contribution is 2.31. The van der Waals surface area contributed by atoms with Gasteiger partial charge in [0, 0.05) is 28.7 Å². The molecular weight excluding hydrogens is 348 g/mol. The van der Waals surface area contributed by atoms with Crippen LogP contribution in [0.25, 0.3) is 0 Å². The molecule has 0 radical (unpaired) electrons. The van der Waals surface area contributed by atoms with Crippen molar-refractivity contribution in [3.8, 4) is 0 Å². The van der Waals surface area contributed by atoms with Gasteiger partial charge in [0.25, 0.3) is 11.8 Å². The summed E-state index contributed by atoms with van der Waals surface area (Å²) in [7, 11) is 0. The molecule has 4 nitrogen and oxygen atoms in total. The minimum atomic E-state index is -0.273. The first-order valence-electron chi connectivity index (χ1n) is 11.1. The van der Waals surface area contributed by atoms with Crippen molar-refractivity contribution in [3.63, 3.8) is 0 Å². The van der Waals surface area contributed by atoms with Gasteiger partial charge >= 0.3 is 0 Å². The van der Waals surface area contributed by atoms with Crippen LogP contribution in [0.1, 0.15) is 106 Å². The first-order valence-corrected chi connectivity index (χ1v) is 11.1. The lowest BCUT2D eigenvalue weighted by atomic mass is 9.88. The van der Waals surface area contributed by atoms with E-state index in [2.05, 4.69) is 10.2 Å². The summed E-state index contributed by atoms with van der Waals surface area (Å²) in [6, 6.07) is 8.00. The molecule has 0 aliphatic heterocycles. The summed E-state index contributed by atoms with van der Waals surface area (Å²) >= 11 is 0. The van der Waals surface area contributed by atoms with Gasteiger partial charge in [-0.2, -0.15) is 0 Å². The third-order valence-electron chi connectivity index (χ3n) is 6.05. The van der Waals surface area contributed by atoms with E-state index in [0.29, 0.717) is 23.2 Å². The molecule has 28 heavy (non-hydrogen) atoms. The molecule has 0 heterocycles. The lowest BCUT2D eigenvalue weighted by molar-refractivity contribution is 0.0448. The van der Waals surface area contributed by atoms with Gasteiger partial charge in [0.15, 0.2) is 0 Å². The fraction of sp³-hybridized carbons (Fsp3) is 0.667. The van der Waals surface area contributed by atoms with E-state index >= 15 is 0 Å². The van der Waals surface area contributed by atoms with Gasteiger partial charge in [-0.3, -0.25) is 9.59 Å². The highest BCUT2D eigenvalue weighted by Gasteiger charge is 2.33. The van der Waals surface area contributed by atoms with E-state index in [1.165, 1.54) is 38.5 Å². The van der Waals surface area contributed by atoms with Crippen molar-refractivity contribution in [2.24, 2.45) is 0 Å². The van der Waals surface area contributed by atoms with Crippen LogP contribution in [0.3, 0.4) is 0 Å². The molecule has 0 atom stereocenters. The fourth-order valence-corrected chi connectivity index (χ4v) is 4.67. The monoisotopic (exact) mass is 384 g/mol. The quantitative estimate of drug-likeness (QED) is 0.763. The number of carbonyl (C=O) groups excluding carboxylic acids is 2. The van der Waals surface area contributed by atoms with Gasteiger partial charge in [-0.25, -0.2) is 0 Å². The van der Waals surface area contributed by atoms with Gasteiger partial charge in [0.2, 0.25) is 0 Å². The minimum absolute atomic E-state index is 0.0945. The Morgan fingerprint density at radius 2 is 1.21 bits per heavy atom. The molecule has 0 bridgehead atoms. The Bertz CT molecular complexity index is 645. The number of carbonyl (C=O) groups is 2. The second-order valence-electron chi connectivity index (χ2n) is 9.58. The maximum absolute atomic E-state index is 13.5. The molecule has 0 aromatic heterocycles. The lowest BCUT2D eigenvalue weighted by Crippen LogP contribution is -2.48. The van der Waals surface area contributed by atoms with Gasteiger partial charge in [0.05, 0.1) is 0 Å². The number of amides is 2. The van der Waals surface area contributed by atoms with Gasteiger partial charge in [-0.1, -0.05) is 38.5 Å². The molecule has 2 saturated carbocycles. The summed E-state index contributed by atoms with van der Waals surface area (Å²) in [5, 5.41) is 2.98. The summed E-state index contributed by atoms with van der Waals surface area (Å²) in [6.07, 6.45) is 12.0. The summed E-state index contributed by atoms with van der Waals surface area (Å²) in [4.78, 5) is 28.1. The molecule has 2 aliphatic rings. The van der Waals surface area contributed by atoms with Crippen LogP contribution in [0.15, 0.2) is 24.3 Å². The van der Waals surface area contributed by atoms with Crippen LogP contribution < -0.4 is 5.32 Å². The van der Waals surface area contributed by atoms with Gasteiger partial charge < -0.3 is 10.2 Å². The van der Waals surface area contributed by atoms with Gasteiger partial charge in [0.1, 0.15) is 0 Å². The number of hydrogen-bond acceptors (Lipinski definition) is 2. The Labute approximate surface area is 170 Å². The summed E-state index contributed by atoms with van der Waals surface area (Å²) < 4.78 is 0. The Morgan fingerprint density at radius 3 is 1.64 bits per heavy atom. The van der Waals surface area contributed by atoms with E-state index in [0.717, 1.165) is 25.7 Å². The van der Waals surface area contributed by atoms with Crippen LogP contribution in [0.2, 0.25) is 0 Å². The van der Waals surface area contributed by atoms with Crippen LogP contribution in [0, 0.1) is 0 Å². The molecule has 0 unspecified atom stereocenters. The Kier molecular flexibility index (Phi) is 6.79. The number of rotatable bonds is 4. The molecule has 154 valence electrons. The Hall–Kier alpha value is -1.84. The fourth-order valence-electron chi connectivity index (χ4n) is 4.67. The van der Waals surface area contributed by atoms with Crippen LogP contribution in [-0.2, 0) is 0 Å². The van der Waals surface area contributed by atoms with E-state index in [1.807, 2.05) is 32.9 Å². The standard InChI is InChI=1S/C24H36N2O2/c1-24(2,3)25-22(27)18-14-16-19(17-15-18)23(28)26(20-10-6-4-7-11-20)21-12-8-5-9-13-21/h14-17,20-21H,4-13H2,1-3H3,(H,25,27). The molecule has 2 aliphatic carbocycles. The third kappa shape index (κ3) is 5.36. The summed E-state index contributed by atoms with van der Waals surface area (Å²) in [6.45, 7) is 5.90. The van der Waals surface area contributed by atoms with Crippen LogP contribution >= 0.6 is 0 Å². The molecule has 2 fully saturated rings. The normalized spacial score (nSPS) is 19.2. The first-order chi connectivity index (χ1) is 13.3. The van der Waals surface area contributed by atoms with Crippen molar-refractivity contribution >= 4 is 11.8 Å². The first kappa shape index (κ1) is 20.9. The zero-order valence-electron chi connectivity index (χ0n) is 17.8. The molecular formula is C24H36N2O2. The number of nitrogens with zero attached hydrogens (tertiary/aromatic N) is 1. The topological polar surface area (TPSA) is 49.4 Å². The highest BCUT2D eigenvalue weighted by molar-refractivity contribution is 5.98. The Balaban J connectivity index is 1.77. The Morgan fingerprint density at radius 1 is 0.786 bits per heavy atom. The van der Waals surface area contributed by atoms with E-state index in [1.54, 1.807) is 12.1 Å². The maximum atomic E-state index is 13.5. The largest absolute Gasteiger partial charge is 0.347 e. The summed E-state index contributed by atoms with van der Waals surface area (Å²) in [5.41, 5.74) is 1.04. The van der Waals surface area contributed by atoms with Crippen LogP contribution in [0.5, 0.6) is 0 Å². The predicted octanol–water partition coefficient (Wildman–Crippen LogP) is 5.32. The SMILES string of the molecule is CC(C)(C)NC(=O)c1ccc(C(=O)N(C2CCCCC2)C2CCCCC2)cc1. The third-order valence-corrected chi connectivity index (χ3v) is 6.05. The zero-order chi connectivity index (χ0) is 20.1. The smallest absolute Gasteiger partial charge is 0.254 e. The average molecular weight is 385 g/mol. The van der Waals surface area contributed by atoms with Crippen molar-refractivity contribution in [3.05, 3.63) is 35.4 Å². The number of hydrogen-bond donors (Lipinski definition) is 1. The van der Waals surface area contributed by atoms with E-state index in [9.17, 15) is 9.59 Å². The van der Waals surface area contributed by atoms with E-state index < -0.39 is 0 Å². The second kappa shape index (κ2) is 9.11. The molecule has 1 N–H and O–H groups in total. The van der Waals surface area contributed by atoms with Gasteiger partial charge in [-0.05, 0) is 70.7 Å². The summed E-state index contributed by atoms with van der Waals surface area (Å²) in [5.74, 6) is 0.0597.